The lowest BCUT2D eigenvalue weighted by Crippen LogP contribution is -2.50. The number of hydrogen-bond donors (Lipinski definition) is 2. The molecule has 0 saturated heterocycles. The number of halogens is 2. The quantitative estimate of drug-likeness (QED) is 0.869. The molecule has 1 aromatic carbocycles. The summed E-state index contributed by atoms with van der Waals surface area (Å²) in [6.07, 6.45) is 2.72. The van der Waals surface area contributed by atoms with Gasteiger partial charge in [0.15, 0.2) is 0 Å². The van der Waals surface area contributed by atoms with Gasteiger partial charge in [0.25, 0.3) is 0 Å². The minimum absolute atomic E-state index is 0.0463. The minimum atomic E-state index is -3.67. The number of nitrogens with one attached hydrogen (secondary N) is 2. The Labute approximate surface area is 129 Å². The van der Waals surface area contributed by atoms with Gasteiger partial charge in [0.1, 0.15) is 4.90 Å². The molecule has 0 heterocycles. The minimum Gasteiger partial charge on any atom is -0.316 e. The number of hydrogen-bond acceptors (Lipinski definition) is 3. The van der Waals surface area contributed by atoms with Crippen LogP contribution in [-0.4, -0.2) is 21.0 Å². The lowest BCUT2D eigenvalue weighted by molar-refractivity contribution is 0.248. The van der Waals surface area contributed by atoms with Crippen molar-refractivity contribution in [1.82, 2.24) is 10.0 Å². The molecule has 7 heteroatoms. The Bertz CT molecular complexity index is 613. The number of benzene rings is 1. The summed E-state index contributed by atoms with van der Waals surface area (Å²) in [7, 11) is -1.90. The van der Waals surface area contributed by atoms with Crippen LogP contribution in [0.4, 0.5) is 0 Å². The van der Waals surface area contributed by atoms with Gasteiger partial charge in [-0.1, -0.05) is 23.2 Å². The van der Waals surface area contributed by atoms with Crippen LogP contribution in [0.25, 0.3) is 0 Å². The maximum Gasteiger partial charge on any atom is 0.242 e. The van der Waals surface area contributed by atoms with Crippen LogP contribution in [0.1, 0.15) is 31.7 Å². The highest BCUT2D eigenvalue weighted by Crippen LogP contribution is 2.35. The highest BCUT2D eigenvalue weighted by Gasteiger charge is 2.37. The Balaban J connectivity index is 2.40. The SMILES string of the molecule is CNCc1cc(Cl)cc(S(=O)(=O)NC2(C)CCC2)c1Cl. The fourth-order valence-corrected chi connectivity index (χ4v) is 4.72. The van der Waals surface area contributed by atoms with Crippen molar-refractivity contribution in [3.05, 3.63) is 27.7 Å². The average molecular weight is 337 g/mol. The highest BCUT2D eigenvalue weighted by molar-refractivity contribution is 7.89. The topological polar surface area (TPSA) is 58.2 Å². The summed E-state index contributed by atoms with van der Waals surface area (Å²) in [5.74, 6) is 0. The molecule has 0 spiro atoms. The van der Waals surface area contributed by atoms with Crippen molar-refractivity contribution in [3.8, 4) is 0 Å². The molecule has 2 rings (SSSR count). The Morgan fingerprint density at radius 3 is 2.45 bits per heavy atom. The summed E-state index contributed by atoms with van der Waals surface area (Å²) in [6, 6.07) is 3.07. The molecule has 0 bridgehead atoms. The monoisotopic (exact) mass is 336 g/mol. The largest absolute Gasteiger partial charge is 0.316 e. The van der Waals surface area contributed by atoms with Gasteiger partial charge in [-0.2, -0.15) is 0 Å². The first-order valence-electron chi connectivity index (χ1n) is 6.44. The summed E-state index contributed by atoms with van der Waals surface area (Å²) < 4.78 is 27.7. The van der Waals surface area contributed by atoms with E-state index in [1.807, 2.05) is 6.92 Å². The van der Waals surface area contributed by atoms with E-state index in [0.29, 0.717) is 17.1 Å². The lowest BCUT2D eigenvalue weighted by Gasteiger charge is -2.38. The van der Waals surface area contributed by atoms with E-state index in [2.05, 4.69) is 10.0 Å². The molecule has 1 saturated carbocycles. The predicted molar refractivity (Wildman–Crippen MR) is 81.8 cm³/mol. The molecule has 0 radical (unpaired) electrons. The van der Waals surface area contributed by atoms with Gasteiger partial charge in [-0.05, 0) is 50.9 Å². The lowest BCUT2D eigenvalue weighted by atomic mass is 9.80. The van der Waals surface area contributed by atoms with Crippen LogP contribution in [0.5, 0.6) is 0 Å². The van der Waals surface area contributed by atoms with E-state index in [9.17, 15) is 8.42 Å². The first kappa shape index (κ1) is 16.0. The molecule has 0 unspecified atom stereocenters. The molecule has 4 nitrogen and oxygen atoms in total. The molecule has 1 aromatic rings. The van der Waals surface area contributed by atoms with Gasteiger partial charge in [0.2, 0.25) is 10.0 Å². The molecular formula is C13H18Cl2N2O2S. The van der Waals surface area contributed by atoms with Gasteiger partial charge in [0.05, 0.1) is 5.02 Å². The van der Waals surface area contributed by atoms with E-state index < -0.39 is 10.0 Å². The second-order valence-corrected chi connectivity index (χ2v) is 7.89. The van der Waals surface area contributed by atoms with Crippen LogP contribution >= 0.6 is 23.2 Å². The predicted octanol–water partition coefficient (Wildman–Crippen LogP) is 2.93. The molecule has 0 aromatic heterocycles. The van der Waals surface area contributed by atoms with Gasteiger partial charge < -0.3 is 5.32 Å². The van der Waals surface area contributed by atoms with Crippen LogP contribution < -0.4 is 10.0 Å². The summed E-state index contributed by atoms with van der Waals surface area (Å²) in [6.45, 7) is 2.36. The van der Waals surface area contributed by atoms with Gasteiger partial charge in [-0.25, -0.2) is 13.1 Å². The molecule has 1 fully saturated rings. The third-order valence-corrected chi connectivity index (χ3v) is 6.01. The van der Waals surface area contributed by atoms with E-state index in [-0.39, 0.29) is 15.5 Å². The second-order valence-electron chi connectivity index (χ2n) is 5.43. The molecule has 0 amide bonds. The maximum atomic E-state index is 12.5. The molecule has 20 heavy (non-hydrogen) atoms. The second kappa shape index (κ2) is 5.81. The van der Waals surface area contributed by atoms with Crippen molar-refractivity contribution in [3.63, 3.8) is 0 Å². The fraction of sp³-hybridized carbons (Fsp3) is 0.538. The molecule has 1 aliphatic rings. The first-order valence-corrected chi connectivity index (χ1v) is 8.68. The van der Waals surface area contributed by atoms with Crippen molar-refractivity contribution in [2.75, 3.05) is 7.05 Å². The molecule has 112 valence electrons. The Kier molecular flexibility index (Phi) is 4.66. The van der Waals surface area contributed by atoms with E-state index in [1.54, 1.807) is 13.1 Å². The Morgan fingerprint density at radius 2 is 1.95 bits per heavy atom. The van der Waals surface area contributed by atoms with Crippen LogP contribution in [-0.2, 0) is 16.6 Å². The summed E-state index contributed by atoms with van der Waals surface area (Å²) >= 11 is 12.2. The molecule has 2 N–H and O–H groups in total. The van der Waals surface area contributed by atoms with Crippen molar-refractivity contribution in [2.45, 2.75) is 43.2 Å². The molecule has 1 aliphatic carbocycles. The molecule has 0 atom stereocenters. The van der Waals surface area contributed by atoms with Crippen molar-refractivity contribution in [2.24, 2.45) is 0 Å². The Morgan fingerprint density at radius 1 is 1.30 bits per heavy atom. The van der Waals surface area contributed by atoms with Gasteiger partial charge in [-0.3, -0.25) is 0 Å². The fourth-order valence-electron chi connectivity index (χ4n) is 2.32. The summed E-state index contributed by atoms with van der Waals surface area (Å²) in [5.41, 5.74) is 0.300. The van der Waals surface area contributed by atoms with E-state index in [1.165, 1.54) is 6.07 Å². The zero-order chi connectivity index (χ0) is 15.0. The third kappa shape index (κ3) is 3.28. The van der Waals surface area contributed by atoms with E-state index in [0.717, 1.165) is 19.3 Å². The zero-order valence-corrected chi connectivity index (χ0v) is 13.8. The molecule has 0 aliphatic heterocycles. The summed E-state index contributed by atoms with van der Waals surface area (Å²) in [5, 5.41) is 3.52. The van der Waals surface area contributed by atoms with Gasteiger partial charge in [0, 0.05) is 17.1 Å². The third-order valence-electron chi connectivity index (χ3n) is 3.57. The summed E-state index contributed by atoms with van der Waals surface area (Å²) in [4.78, 5) is 0.0463. The van der Waals surface area contributed by atoms with Crippen LogP contribution in [0.15, 0.2) is 17.0 Å². The van der Waals surface area contributed by atoms with Gasteiger partial charge in [-0.15, -0.1) is 0 Å². The van der Waals surface area contributed by atoms with Crippen LogP contribution in [0, 0.1) is 0 Å². The van der Waals surface area contributed by atoms with Crippen molar-refractivity contribution in [1.29, 1.82) is 0 Å². The average Bonchev–Trinajstić information content (AvgIpc) is 2.31. The van der Waals surface area contributed by atoms with Crippen molar-refractivity contribution >= 4 is 33.2 Å². The Hall–Kier alpha value is -0.330. The standard InChI is InChI=1S/C13H18Cl2N2O2S/c1-13(4-3-5-13)17-20(18,19)11-7-10(14)6-9(8-16-2)12(11)15/h6-7,16-17H,3-5,8H2,1-2H3. The smallest absolute Gasteiger partial charge is 0.242 e. The zero-order valence-electron chi connectivity index (χ0n) is 11.5. The van der Waals surface area contributed by atoms with E-state index >= 15 is 0 Å². The normalized spacial score (nSPS) is 17.8. The van der Waals surface area contributed by atoms with Crippen LogP contribution in [0.3, 0.4) is 0 Å². The first-order chi connectivity index (χ1) is 9.27. The maximum absolute atomic E-state index is 12.5. The number of rotatable bonds is 5. The molecular weight excluding hydrogens is 319 g/mol. The highest BCUT2D eigenvalue weighted by atomic mass is 35.5. The van der Waals surface area contributed by atoms with Crippen LogP contribution in [0.2, 0.25) is 10.0 Å². The van der Waals surface area contributed by atoms with Crippen molar-refractivity contribution < 1.29 is 8.42 Å². The number of sulfonamides is 1. The van der Waals surface area contributed by atoms with Gasteiger partial charge >= 0.3 is 0 Å². The van der Waals surface area contributed by atoms with E-state index in [4.69, 9.17) is 23.2 Å².